The van der Waals surface area contributed by atoms with E-state index in [-0.39, 0.29) is 5.78 Å². The molecule has 0 saturated heterocycles. The minimum Gasteiger partial charge on any atom is -0.334 e. The van der Waals surface area contributed by atoms with Gasteiger partial charge < -0.3 is 4.57 Å². The van der Waals surface area contributed by atoms with Crippen molar-refractivity contribution in [2.45, 2.75) is 13.3 Å². The van der Waals surface area contributed by atoms with Crippen molar-refractivity contribution >= 4 is 28.4 Å². The van der Waals surface area contributed by atoms with Crippen LogP contribution in [-0.4, -0.2) is 15.3 Å². The molecule has 0 fully saturated rings. The van der Waals surface area contributed by atoms with Crippen LogP contribution in [0.25, 0.3) is 11.0 Å². The molecule has 0 aliphatic rings. The topological polar surface area (TPSA) is 34.9 Å². The van der Waals surface area contributed by atoms with E-state index in [0.717, 1.165) is 16.6 Å². The Morgan fingerprint density at radius 2 is 2.27 bits per heavy atom. The number of fused-ring (bicyclic) bond motifs is 1. The highest BCUT2D eigenvalue weighted by atomic mass is 35.5. The molecule has 0 spiro atoms. The van der Waals surface area contributed by atoms with Gasteiger partial charge in [-0.25, -0.2) is 4.98 Å². The molecule has 0 bridgehead atoms. The van der Waals surface area contributed by atoms with Gasteiger partial charge in [0.1, 0.15) is 5.78 Å². The fourth-order valence-corrected chi connectivity index (χ4v) is 1.82. The average Bonchev–Trinajstić information content (AvgIpc) is 2.48. The summed E-state index contributed by atoms with van der Waals surface area (Å²) in [6.45, 7) is 1.55. The smallest absolute Gasteiger partial charge is 0.134 e. The molecule has 78 valence electrons. The van der Waals surface area contributed by atoms with Crippen molar-refractivity contribution in [3.8, 4) is 0 Å². The van der Waals surface area contributed by atoms with Crippen LogP contribution in [0.4, 0.5) is 0 Å². The zero-order valence-corrected chi connectivity index (χ0v) is 9.38. The van der Waals surface area contributed by atoms with Crippen molar-refractivity contribution < 1.29 is 4.79 Å². The molecule has 1 aromatic heterocycles. The molecular weight excluding hydrogens is 212 g/mol. The van der Waals surface area contributed by atoms with Crippen LogP contribution >= 0.6 is 11.6 Å². The standard InChI is InChI=1S/C11H11ClN2O/c1-7(15)3-8-4-10-11(5-9(8)12)14(2)6-13-10/h4-6H,3H2,1-2H3. The number of rotatable bonds is 2. The summed E-state index contributed by atoms with van der Waals surface area (Å²) in [6, 6.07) is 3.72. The van der Waals surface area contributed by atoms with Crippen LogP contribution in [0.1, 0.15) is 12.5 Å². The molecule has 0 radical (unpaired) electrons. The van der Waals surface area contributed by atoms with E-state index in [9.17, 15) is 4.79 Å². The molecular formula is C11H11ClN2O. The number of ketones is 1. The van der Waals surface area contributed by atoms with Gasteiger partial charge in [0.05, 0.1) is 17.4 Å². The third-order valence-electron chi connectivity index (χ3n) is 2.33. The fraction of sp³-hybridized carbons (Fsp3) is 0.273. The largest absolute Gasteiger partial charge is 0.334 e. The van der Waals surface area contributed by atoms with Gasteiger partial charge in [-0.1, -0.05) is 11.6 Å². The monoisotopic (exact) mass is 222 g/mol. The van der Waals surface area contributed by atoms with E-state index >= 15 is 0 Å². The third-order valence-corrected chi connectivity index (χ3v) is 2.68. The molecule has 0 amide bonds. The van der Waals surface area contributed by atoms with Crippen LogP contribution in [0.2, 0.25) is 5.02 Å². The van der Waals surface area contributed by atoms with Crippen molar-refractivity contribution in [3.05, 3.63) is 29.0 Å². The Morgan fingerprint density at radius 1 is 1.53 bits per heavy atom. The highest BCUT2D eigenvalue weighted by Gasteiger charge is 2.08. The van der Waals surface area contributed by atoms with Crippen molar-refractivity contribution in [2.24, 2.45) is 7.05 Å². The van der Waals surface area contributed by atoms with Gasteiger partial charge in [0.25, 0.3) is 0 Å². The third kappa shape index (κ3) is 1.88. The van der Waals surface area contributed by atoms with Gasteiger partial charge in [0, 0.05) is 18.5 Å². The maximum absolute atomic E-state index is 11.0. The summed E-state index contributed by atoms with van der Waals surface area (Å²) < 4.78 is 1.90. The molecule has 15 heavy (non-hydrogen) atoms. The highest BCUT2D eigenvalue weighted by Crippen LogP contribution is 2.23. The number of carbonyl (C=O) groups is 1. The quantitative estimate of drug-likeness (QED) is 0.782. The average molecular weight is 223 g/mol. The van der Waals surface area contributed by atoms with Crippen LogP contribution in [0, 0.1) is 0 Å². The molecule has 1 heterocycles. The minimum atomic E-state index is 0.104. The van der Waals surface area contributed by atoms with Crippen LogP contribution in [0.15, 0.2) is 18.5 Å². The minimum absolute atomic E-state index is 0.104. The molecule has 0 aliphatic carbocycles. The van der Waals surface area contributed by atoms with Gasteiger partial charge in [-0.15, -0.1) is 0 Å². The second-order valence-electron chi connectivity index (χ2n) is 3.67. The molecule has 3 nitrogen and oxygen atoms in total. The van der Waals surface area contributed by atoms with Gasteiger partial charge >= 0.3 is 0 Å². The molecule has 0 saturated carbocycles. The number of nitrogens with zero attached hydrogens (tertiary/aromatic N) is 2. The molecule has 2 rings (SSSR count). The van der Waals surface area contributed by atoms with Gasteiger partial charge in [-0.2, -0.15) is 0 Å². The summed E-state index contributed by atoms with van der Waals surface area (Å²) in [5.74, 6) is 0.104. The lowest BCUT2D eigenvalue weighted by Gasteiger charge is -2.02. The zero-order valence-electron chi connectivity index (χ0n) is 8.62. The number of Topliss-reactive ketones (excluding diaryl/α,β-unsaturated/α-hetero) is 1. The predicted molar refractivity (Wildman–Crippen MR) is 60.1 cm³/mol. The first-order valence-corrected chi connectivity index (χ1v) is 5.04. The Morgan fingerprint density at radius 3 is 2.93 bits per heavy atom. The van der Waals surface area contributed by atoms with E-state index in [4.69, 9.17) is 11.6 Å². The maximum Gasteiger partial charge on any atom is 0.134 e. The summed E-state index contributed by atoms with van der Waals surface area (Å²) >= 11 is 6.08. The second-order valence-corrected chi connectivity index (χ2v) is 4.07. The lowest BCUT2D eigenvalue weighted by atomic mass is 10.1. The SMILES string of the molecule is CC(=O)Cc1cc2ncn(C)c2cc1Cl. The van der Waals surface area contributed by atoms with Gasteiger partial charge in [0.2, 0.25) is 0 Å². The molecule has 0 atom stereocenters. The van der Waals surface area contributed by atoms with E-state index < -0.39 is 0 Å². The molecule has 2 aromatic rings. The normalized spacial score (nSPS) is 10.9. The van der Waals surface area contributed by atoms with Crippen LogP contribution < -0.4 is 0 Å². The summed E-state index contributed by atoms with van der Waals surface area (Å²) in [4.78, 5) is 15.2. The Bertz CT molecular complexity index is 531. The molecule has 0 unspecified atom stereocenters. The Labute approximate surface area is 92.7 Å². The maximum atomic E-state index is 11.0. The summed E-state index contributed by atoms with van der Waals surface area (Å²) in [5, 5.41) is 0.626. The Kier molecular flexibility index (Phi) is 2.49. The fourth-order valence-electron chi connectivity index (χ4n) is 1.60. The lowest BCUT2D eigenvalue weighted by molar-refractivity contribution is -0.116. The molecule has 0 N–H and O–H groups in total. The first-order valence-electron chi connectivity index (χ1n) is 4.67. The molecule has 1 aromatic carbocycles. The van der Waals surface area contributed by atoms with Crippen molar-refractivity contribution in [1.29, 1.82) is 0 Å². The summed E-state index contributed by atoms with van der Waals surface area (Å²) in [5.41, 5.74) is 2.70. The predicted octanol–water partition coefficient (Wildman–Crippen LogP) is 2.36. The molecule has 0 aliphatic heterocycles. The van der Waals surface area contributed by atoms with Crippen LogP contribution in [-0.2, 0) is 18.3 Å². The van der Waals surface area contributed by atoms with Crippen molar-refractivity contribution in [3.63, 3.8) is 0 Å². The zero-order chi connectivity index (χ0) is 11.0. The first-order chi connectivity index (χ1) is 7.08. The Hall–Kier alpha value is -1.35. The van der Waals surface area contributed by atoms with E-state index in [0.29, 0.717) is 11.4 Å². The highest BCUT2D eigenvalue weighted by molar-refractivity contribution is 6.32. The number of hydrogen-bond acceptors (Lipinski definition) is 2. The first kappa shape index (κ1) is 10.2. The summed E-state index contributed by atoms with van der Waals surface area (Å²) in [7, 11) is 1.91. The number of hydrogen-bond donors (Lipinski definition) is 0. The van der Waals surface area contributed by atoms with Crippen LogP contribution in [0.5, 0.6) is 0 Å². The number of aromatic nitrogens is 2. The van der Waals surface area contributed by atoms with Crippen molar-refractivity contribution in [1.82, 2.24) is 9.55 Å². The van der Waals surface area contributed by atoms with E-state index in [2.05, 4.69) is 4.98 Å². The number of halogens is 1. The van der Waals surface area contributed by atoms with Gasteiger partial charge in [-0.05, 0) is 24.6 Å². The number of imidazole rings is 1. The second kappa shape index (κ2) is 3.66. The number of benzene rings is 1. The van der Waals surface area contributed by atoms with E-state index in [1.54, 1.807) is 13.3 Å². The lowest BCUT2D eigenvalue weighted by Crippen LogP contribution is -1.97. The molecule has 4 heteroatoms. The van der Waals surface area contributed by atoms with Crippen molar-refractivity contribution in [2.75, 3.05) is 0 Å². The number of aryl methyl sites for hydroxylation is 1. The van der Waals surface area contributed by atoms with E-state index in [1.807, 2.05) is 23.7 Å². The van der Waals surface area contributed by atoms with E-state index in [1.165, 1.54) is 0 Å². The van der Waals surface area contributed by atoms with Gasteiger partial charge in [0.15, 0.2) is 0 Å². The Balaban J connectivity index is 2.57. The number of carbonyl (C=O) groups excluding carboxylic acids is 1. The van der Waals surface area contributed by atoms with Gasteiger partial charge in [-0.3, -0.25) is 4.79 Å². The van der Waals surface area contributed by atoms with Crippen LogP contribution in [0.3, 0.4) is 0 Å². The summed E-state index contributed by atoms with van der Waals surface area (Å²) in [6.07, 6.45) is 2.10.